The van der Waals surface area contributed by atoms with Gasteiger partial charge in [-0.25, -0.2) is 0 Å². The number of nitrogens with zero attached hydrogens (tertiary/aromatic N) is 1. The fourth-order valence-electron chi connectivity index (χ4n) is 2.43. The zero-order valence-electron chi connectivity index (χ0n) is 10.5. The third-order valence-electron chi connectivity index (χ3n) is 3.84. The van der Waals surface area contributed by atoms with Gasteiger partial charge in [0.15, 0.2) is 0 Å². The second-order valence-corrected chi connectivity index (χ2v) is 5.52. The lowest BCUT2D eigenvalue weighted by Gasteiger charge is -2.35. The Morgan fingerprint density at radius 2 is 1.71 bits per heavy atom. The topological polar surface area (TPSA) is 3.24 Å². The molecule has 1 fully saturated rings. The first-order chi connectivity index (χ1) is 6.59. The molecule has 1 heteroatoms. The highest BCUT2D eigenvalue weighted by molar-refractivity contribution is 4.81. The molecule has 0 radical (unpaired) electrons. The van der Waals surface area contributed by atoms with Gasteiger partial charge in [-0.05, 0) is 31.2 Å². The summed E-state index contributed by atoms with van der Waals surface area (Å²) in [7, 11) is 0. The maximum Gasteiger partial charge on any atom is 0.00953 e. The molecule has 0 aromatic carbocycles. The number of hydrogen-bond acceptors (Lipinski definition) is 1. The minimum Gasteiger partial charge on any atom is -0.300 e. The summed E-state index contributed by atoms with van der Waals surface area (Å²) in [5.41, 5.74) is 0.499. The predicted molar refractivity (Wildman–Crippen MR) is 63.6 cm³/mol. The summed E-state index contributed by atoms with van der Waals surface area (Å²) in [6.07, 6.45) is 7.07. The largest absolute Gasteiger partial charge is 0.300 e. The Labute approximate surface area is 89.9 Å². The maximum atomic E-state index is 2.70. The highest BCUT2D eigenvalue weighted by Crippen LogP contribution is 2.28. The zero-order chi connectivity index (χ0) is 10.6. The molecule has 1 nitrogen and oxygen atoms in total. The van der Waals surface area contributed by atoms with E-state index < -0.39 is 0 Å². The van der Waals surface area contributed by atoms with Crippen LogP contribution in [0.4, 0.5) is 0 Å². The minimum absolute atomic E-state index is 0.499. The van der Waals surface area contributed by atoms with Crippen LogP contribution in [0.3, 0.4) is 0 Å². The van der Waals surface area contributed by atoms with Crippen LogP contribution in [0.15, 0.2) is 0 Å². The van der Waals surface area contributed by atoms with Crippen LogP contribution < -0.4 is 0 Å². The van der Waals surface area contributed by atoms with Crippen molar-refractivity contribution in [2.75, 3.05) is 13.1 Å². The molecule has 1 saturated carbocycles. The lowest BCUT2D eigenvalue weighted by Crippen LogP contribution is -2.40. The zero-order valence-corrected chi connectivity index (χ0v) is 10.5. The average Bonchev–Trinajstić information content (AvgIpc) is 2.67. The normalized spacial score (nSPS) is 19.5. The van der Waals surface area contributed by atoms with Crippen molar-refractivity contribution in [1.29, 1.82) is 0 Å². The molecule has 14 heavy (non-hydrogen) atoms. The van der Waals surface area contributed by atoms with E-state index in [-0.39, 0.29) is 0 Å². The molecular weight excluding hydrogens is 170 g/mol. The third kappa shape index (κ3) is 3.27. The molecule has 0 spiro atoms. The van der Waals surface area contributed by atoms with Gasteiger partial charge < -0.3 is 4.90 Å². The van der Waals surface area contributed by atoms with E-state index in [0.717, 1.165) is 6.04 Å². The smallest absolute Gasteiger partial charge is 0.00953 e. The first kappa shape index (κ1) is 12.0. The van der Waals surface area contributed by atoms with Gasteiger partial charge in [-0.3, -0.25) is 0 Å². The molecule has 1 aliphatic carbocycles. The van der Waals surface area contributed by atoms with Crippen molar-refractivity contribution in [1.82, 2.24) is 4.90 Å². The van der Waals surface area contributed by atoms with E-state index in [1.54, 1.807) is 0 Å². The van der Waals surface area contributed by atoms with E-state index in [1.807, 2.05) is 0 Å². The maximum absolute atomic E-state index is 2.70. The molecule has 0 heterocycles. The average molecular weight is 197 g/mol. The Kier molecular flexibility index (Phi) is 4.43. The van der Waals surface area contributed by atoms with E-state index in [2.05, 4.69) is 32.6 Å². The van der Waals surface area contributed by atoms with Crippen LogP contribution in [0.1, 0.15) is 59.8 Å². The van der Waals surface area contributed by atoms with Crippen LogP contribution >= 0.6 is 0 Å². The molecule has 0 unspecified atom stereocenters. The monoisotopic (exact) mass is 197 g/mol. The fourth-order valence-corrected chi connectivity index (χ4v) is 2.43. The Morgan fingerprint density at radius 1 is 1.14 bits per heavy atom. The quantitative estimate of drug-likeness (QED) is 0.650. The summed E-state index contributed by atoms with van der Waals surface area (Å²) in [5, 5.41) is 0. The van der Waals surface area contributed by atoms with Crippen LogP contribution in [-0.2, 0) is 0 Å². The number of hydrogen-bond donors (Lipinski definition) is 0. The van der Waals surface area contributed by atoms with Crippen molar-refractivity contribution in [3.8, 4) is 0 Å². The summed E-state index contributed by atoms with van der Waals surface area (Å²) < 4.78 is 0. The molecule has 0 aromatic rings. The van der Waals surface area contributed by atoms with E-state index >= 15 is 0 Å². The van der Waals surface area contributed by atoms with Crippen LogP contribution in [0.5, 0.6) is 0 Å². The van der Waals surface area contributed by atoms with Gasteiger partial charge in [0.05, 0.1) is 0 Å². The van der Waals surface area contributed by atoms with E-state index in [9.17, 15) is 0 Å². The second-order valence-electron chi connectivity index (χ2n) is 5.52. The van der Waals surface area contributed by atoms with Crippen LogP contribution in [0.2, 0.25) is 0 Å². The molecule has 0 amide bonds. The molecule has 0 bridgehead atoms. The van der Waals surface area contributed by atoms with Gasteiger partial charge in [-0.15, -0.1) is 0 Å². The van der Waals surface area contributed by atoms with Crippen LogP contribution in [0, 0.1) is 5.41 Å². The van der Waals surface area contributed by atoms with E-state index in [1.165, 1.54) is 45.2 Å². The highest BCUT2D eigenvalue weighted by Gasteiger charge is 2.26. The SMILES string of the molecule is CCN(CC(C)(C)CC)C1CCCC1. The van der Waals surface area contributed by atoms with Crippen molar-refractivity contribution in [2.24, 2.45) is 5.41 Å². The van der Waals surface area contributed by atoms with Gasteiger partial charge in [-0.1, -0.05) is 40.5 Å². The lowest BCUT2D eigenvalue weighted by atomic mass is 9.89. The Morgan fingerprint density at radius 3 is 2.14 bits per heavy atom. The van der Waals surface area contributed by atoms with Gasteiger partial charge in [0.1, 0.15) is 0 Å². The molecule has 1 aliphatic rings. The fraction of sp³-hybridized carbons (Fsp3) is 1.00. The molecule has 0 aliphatic heterocycles. The Bertz CT molecular complexity index is 157. The van der Waals surface area contributed by atoms with Gasteiger partial charge in [0.2, 0.25) is 0 Å². The molecule has 0 aromatic heterocycles. The summed E-state index contributed by atoms with van der Waals surface area (Å²) in [6, 6.07) is 0.894. The summed E-state index contributed by atoms with van der Waals surface area (Å²) in [5.74, 6) is 0. The Hall–Kier alpha value is -0.0400. The van der Waals surface area contributed by atoms with Crippen molar-refractivity contribution in [3.63, 3.8) is 0 Å². The van der Waals surface area contributed by atoms with Crippen LogP contribution in [-0.4, -0.2) is 24.0 Å². The van der Waals surface area contributed by atoms with Gasteiger partial charge in [0, 0.05) is 12.6 Å². The minimum atomic E-state index is 0.499. The van der Waals surface area contributed by atoms with Crippen molar-refractivity contribution in [2.45, 2.75) is 65.8 Å². The van der Waals surface area contributed by atoms with Crippen molar-refractivity contribution >= 4 is 0 Å². The summed E-state index contributed by atoms with van der Waals surface area (Å²) >= 11 is 0. The van der Waals surface area contributed by atoms with E-state index in [4.69, 9.17) is 0 Å². The third-order valence-corrected chi connectivity index (χ3v) is 3.84. The predicted octanol–water partition coefficient (Wildman–Crippen LogP) is 3.69. The highest BCUT2D eigenvalue weighted by atomic mass is 15.2. The molecule has 0 saturated heterocycles. The standard InChI is InChI=1S/C13H27N/c1-5-13(3,4)11-14(6-2)12-9-7-8-10-12/h12H,5-11H2,1-4H3. The van der Waals surface area contributed by atoms with E-state index in [0.29, 0.717) is 5.41 Å². The second kappa shape index (κ2) is 5.16. The summed E-state index contributed by atoms with van der Waals surface area (Å²) in [6.45, 7) is 11.9. The number of rotatable bonds is 5. The lowest BCUT2D eigenvalue weighted by molar-refractivity contribution is 0.133. The van der Waals surface area contributed by atoms with Crippen LogP contribution in [0.25, 0.3) is 0 Å². The first-order valence-electron chi connectivity index (χ1n) is 6.33. The van der Waals surface area contributed by atoms with Crippen molar-refractivity contribution < 1.29 is 0 Å². The molecule has 84 valence electrons. The van der Waals surface area contributed by atoms with Gasteiger partial charge >= 0.3 is 0 Å². The summed E-state index contributed by atoms with van der Waals surface area (Å²) in [4.78, 5) is 2.70. The van der Waals surface area contributed by atoms with Gasteiger partial charge in [0.25, 0.3) is 0 Å². The molecular formula is C13H27N. The molecule has 1 rings (SSSR count). The first-order valence-corrected chi connectivity index (χ1v) is 6.33. The molecule has 0 atom stereocenters. The Balaban J connectivity index is 2.45. The molecule has 0 N–H and O–H groups in total. The van der Waals surface area contributed by atoms with Gasteiger partial charge in [-0.2, -0.15) is 0 Å². The van der Waals surface area contributed by atoms with Crippen molar-refractivity contribution in [3.05, 3.63) is 0 Å².